The van der Waals surface area contributed by atoms with Crippen molar-refractivity contribution in [3.8, 4) is 0 Å². The van der Waals surface area contributed by atoms with Gasteiger partial charge in [0.25, 0.3) is 0 Å². The lowest BCUT2D eigenvalue weighted by Crippen LogP contribution is -2.40. The second-order valence-electron chi connectivity index (χ2n) is 4.16. The van der Waals surface area contributed by atoms with Crippen molar-refractivity contribution in [1.29, 1.82) is 0 Å². The zero-order chi connectivity index (χ0) is 11.5. The Bertz CT molecular complexity index is 322. The second-order valence-corrected chi connectivity index (χ2v) is 5.27. The van der Waals surface area contributed by atoms with Crippen molar-refractivity contribution < 1.29 is 5.11 Å². The number of aryl methyl sites for hydroxylation is 2. The highest BCUT2D eigenvalue weighted by atomic mass is 32.2. The van der Waals surface area contributed by atoms with Crippen molar-refractivity contribution in [2.75, 3.05) is 12.4 Å². The van der Waals surface area contributed by atoms with Crippen LogP contribution in [0.25, 0.3) is 0 Å². The van der Waals surface area contributed by atoms with E-state index in [4.69, 9.17) is 10.8 Å². The average molecular weight is 229 g/mol. The highest BCUT2D eigenvalue weighted by Gasteiger charge is 2.16. The van der Waals surface area contributed by atoms with Gasteiger partial charge in [-0.05, 0) is 26.3 Å². The molecule has 3 N–H and O–H groups in total. The van der Waals surface area contributed by atoms with Crippen LogP contribution in [0.1, 0.15) is 19.0 Å². The van der Waals surface area contributed by atoms with Gasteiger partial charge in [0.2, 0.25) is 0 Å². The average Bonchev–Trinajstić information content (AvgIpc) is 2.45. The predicted molar refractivity (Wildman–Crippen MR) is 63.0 cm³/mol. The summed E-state index contributed by atoms with van der Waals surface area (Å²) in [5.41, 5.74) is 6.39. The Morgan fingerprint density at radius 2 is 2.33 bits per heavy atom. The second kappa shape index (κ2) is 5.01. The molecule has 86 valence electrons. The van der Waals surface area contributed by atoms with E-state index >= 15 is 0 Å². The number of aliphatic hydroxyl groups excluding tert-OH is 1. The van der Waals surface area contributed by atoms with Gasteiger partial charge < -0.3 is 10.8 Å². The van der Waals surface area contributed by atoms with E-state index in [9.17, 15) is 0 Å². The Kier molecular flexibility index (Phi) is 4.19. The number of thioether (sulfide) groups is 1. The first-order chi connectivity index (χ1) is 6.94. The van der Waals surface area contributed by atoms with Gasteiger partial charge >= 0.3 is 0 Å². The van der Waals surface area contributed by atoms with Crippen LogP contribution in [0.15, 0.2) is 11.1 Å². The van der Waals surface area contributed by atoms with Crippen LogP contribution in [-0.4, -0.2) is 32.8 Å². The monoisotopic (exact) mass is 229 g/mol. The summed E-state index contributed by atoms with van der Waals surface area (Å²) in [7, 11) is 1.93. The number of aliphatic hydroxyl groups is 1. The van der Waals surface area contributed by atoms with Crippen molar-refractivity contribution >= 4 is 11.8 Å². The Labute approximate surface area is 94.9 Å². The normalized spacial score (nSPS) is 15.3. The predicted octanol–water partition coefficient (Wildman–Crippen LogP) is 0.920. The minimum atomic E-state index is -0.472. The Morgan fingerprint density at radius 1 is 1.67 bits per heavy atom. The van der Waals surface area contributed by atoms with E-state index < -0.39 is 5.54 Å². The van der Waals surface area contributed by atoms with Gasteiger partial charge in [0.05, 0.1) is 17.3 Å². The quantitative estimate of drug-likeness (QED) is 0.737. The number of hydrogen-bond acceptors (Lipinski definition) is 4. The van der Waals surface area contributed by atoms with Crippen LogP contribution < -0.4 is 5.73 Å². The molecule has 0 aromatic carbocycles. The number of rotatable bonds is 5. The third kappa shape index (κ3) is 3.85. The van der Waals surface area contributed by atoms with Gasteiger partial charge in [0, 0.05) is 18.3 Å². The van der Waals surface area contributed by atoms with Crippen molar-refractivity contribution in [2.45, 2.75) is 30.8 Å². The summed E-state index contributed by atoms with van der Waals surface area (Å²) < 4.78 is 1.87. The molecule has 1 aromatic heterocycles. The minimum absolute atomic E-state index is 0.0258. The van der Waals surface area contributed by atoms with E-state index in [1.807, 2.05) is 25.6 Å². The molecule has 1 atom stereocenters. The molecule has 1 heterocycles. The Hall–Kier alpha value is -0.520. The number of hydrogen-bond donors (Lipinski definition) is 2. The zero-order valence-electron chi connectivity index (χ0n) is 9.53. The maximum Gasteiger partial charge on any atom is 0.0939 e. The highest BCUT2D eigenvalue weighted by Crippen LogP contribution is 2.21. The molecule has 4 nitrogen and oxygen atoms in total. The molecule has 1 aromatic rings. The topological polar surface area (TPSA) is 64.1 Å². The Morgan fingerprint density at radius 3 is 2.80 bits per heavy atom. The van der Waals surface area contributed by atoms with Crippen LogP contribution in [0, 0.1) is 6.92 Å². The molecule has 0 bridgehead atoms. The van der Waals surface area contributed by atoms with E-state index in [0.29, 0.717) is 0 Å². The molecule has 1 unspecified atom stereocenters. The van der Waals surface area contributed by atoms with Crippen LogP contribution in [0.3, 0.4) is 0 Å². The van der Waals surface area contributed by atoms with Gasteiger partial charge in [-0.15, -0.1) is 11.8 Å². The lowest BCUT2D eigenvalue weighted by molar-refractivity contribution is 0.206. The van der Waals surface area contributed by atoms with Crippen LogP contribution >= 0.6 is 11.8 Å². The largest absolute Gasteiger partial charge is 0.394 e. The highest BCUT2D eigenvalue weighted by molar-refractivity contribution is 7.99. The molecular weight excluding hydrogens is 210 g/mol. The molecule has 0 fully saturated rings. The fraction of sp³-hybridized carbons (Fsp3) is 0.700. The van der Waals surface area contributed by atoms with Gasteiger partial charge in [-0.1, -0.05) is 0 Å². The summed E-state index contributed by atoms with van der Waals surface area (Å²) in [6, 6.07) is 2.05. The van der Waals surface area contributed by atoms with E-state index in [0.717, 1.165) is 22.9 Å². The maximum absolute atomic E-state index is 9.00. The molecule has 0 saturated heterocycles. The summed E-state index contributed by atoms with van der Waals surface area (Å²) >= 11 is 1.72. The summed E-state index contributed by atoms with van der Waals surface area (Å²) in [6.45, 7) is 3.87. The number of nitrogens with zero attached hydrogens (tertiary/aromatic N) is 2. The first-order valence-electron chi connectivity index (χ1n) is 4.98. The molecule has 0 radical (unpaired) electrons. The van der Waals surface area contributed by atoms with Crippen molar-refractivity contribution in [1.82, 2.24) is 9.78 Å². The summed E-state index contributed by atoms with van der Waals surface area (Å²) in [4.78, 5) is 0. The lowest BCUT2D eigenvalue weighted by atomic mass is 10.0. The molecule has 0 aliphatic carbocycles. The molecule has 0 spiro atoms. The smallest absolute Gasteiger partial charge is 0.0939 e. The van der Waals surface area contributed by atoms with Crippen molar-refractivity contribution in [3.05, 3.63) is 11.8 Å². The van der Waals surface area contributed by atoms with Gasteiger partial charge in [0.1, 0.15) is 0 Å². The van der Waals surface area contributed by atoms with Gasteiger partial charge in [-0.25, -0.2) is 0 Å². The summed E-state index contributed by atoms with van der Waals surface area (Å²) in [6.07, 6.45) is 0.790. The third-order valence-corrected chi connectivity index (χ3v) is 3.33. The fourth-order valence-corrected chi connectivity index (χ4v) is 2.45. The molecule has 0 amide bonds. The SMILES string of the molecule is Cc1cc(SCCC(C)(N)CO)n(C)n1. The number of nitrogens with two attached hydrogens (primary N) is 1. The molecular formula is C10H19N3OS. The molecule has 0 aliphatic heterocycles. The first-order valence-corrected chi connectivity index (χ1v) is 5.96. The van der Waals surface area contributed by atoms with Gasteiger partial charge in [0.15, 0.2) is 0 Å². The van der Waals surface area contributed by atoms with Crippen LogP contribution in [0.2, 0.25) is 0 Å². The van der Waals surface area contributed by atoms with E-state index in [2.05, 4.69) is 11.2 Å². The van der Waals surface area contributed by atoms with E-state index in [-0.39, 0.29) is 6.61 Å². The molecule has 1 rings (SSSR count). The van der Waals surface area contributed by atoms with E-state index in [1.165, 1.54) is 0 Å². The molecule has 0 aliphatic rings. The van der Waals surface area contributed by atoms with Crippen LogP contribution in [0.4, 0.5) is 0 Å². The summed E-state index contributed by atoms with van der Waals surface area (Å²) in [5.74, 6) is 0.895. The minimum Gasteiger partial charge on any atom is -0.394 e. The van der Waals surface area contributed by atoms with Gasteiger partial charge in [-0.2, -0.15) is 5.10 Å². The lowest BCUT2D eigenvalue weighted by Gasteiger charge is -2.20. The van der Waals surface area contributed by atoms with Crippen molar-refractivity contribution in [2.24, 2.45) is 12.8 Å². The Balaban J connectivity index is 2.41. The number of aromatic nitrogens is 2. The van der Waals surface area contributed by atoms with Crippen molar-refractivity contribution in [3.63, 3.8) is 0 Å². The third-order valence-electron chi connectivity index (χ3n) is 2.24. The standard InChI is InChI=1S/C10H19N3OS/c1-8-6-9(13(3)12-8)15-5-4-10(2,11)7-14/h6,14H,4-5,7,11H2,1-3H3. The molecule has 5 heteroatoms. The molecule has 15 heavy (non-hydrogen) atoms. The van der Waals surface area contributed by atoms with Crippen LogP contribution in [-0.2, 0) is 7.05 Å². The van der Waals surface area contributed by atoms with Gasteiger partial charge in [-0.3, -0.25) is 4.68 Å². The fourth-order valence-electron chi connectivity index (χ4n) is 1.19. The maximum atomic E-state index is 9.00. The molecule has 0 saturated carbocycles. The van der Waals surface area contributed by atoms with Crippen LogP contribution in [0.5, 0.6) is 0 Å². The van der Waals surface area contributed by atoms with E-state index in [1.54, 1.807) is 11.8 Å². The first kappa shape index (κ1) is 12.5. The summed E-state index contributed by atoms with van der Waals surface area (Å²) in [5, 5.41) is 14.4. The zero-order valence-corrected chi connectivity index (χ0v) is 10.3.